The molecular weight excluding hydrogens is 387 g/mol. The molecule has 0 fully saturated rings. The van der Waals surface area contributed by atoms with Crippen LogP contribution in [-0.2, 0) is 4.79 Å². The Bertz CT molecular complexity index is 839. The first-order valence-corrected chi connectivity index (χ1v) is 10.0. The normalized spacial score (nSPS) is 12.7. The van der Waals surface area contributed by atoms with Crippen LogP contribution in [0.2, 0.25) is 0 Å². The average molecular weight is 416 g/mol. The van der Waals surface area contributed by atoms with E-state index in [2.05, 4.69) is 10.6 Å². The highest BCUT2D eigenvalue weighted by Crippen LogP contribution is 2.16. The van der Waals surface area contributed by atoms with Gasteiger partial charge in [-0.1, -0.05) is 26.0 Å². The predicted molar refractivity (Wildman–Crippen MR) is 113 cm³/mol. The number of ether oxygens (including phenoxy) is 2. The lowest BCUT2D eigenvalue weighted by Crippen LogP contribution is -2.52. The first-order chi connectivity index (χ1) is 14.3. The molecule has 2 aromatic carbocycles. The van der Waals surface area contributed by atoms with Crippen LogP contribution in [0.4, 0.5) is 4.39 Å². The van der Waals surface area contributed by atoms with E-state index in [1.54, 1.807) is 43.3 Å². The molecule has 0 spiro atoms. The molecule has 2 amide bonds. The zero-order valence-corrected chi connectivity index (χ0v) is 17.8. The van der Waals surface area contributed by atoms with E-state index in [1.165, 1.54) is 12.1 Å². The smallest absolute Gasteiger partial charge is 0.251 e. The summed E-state index contributed by atoms with van der Waals surface area (Å²) in [5.74, 6) is -0.454. The number of hydrogen-bond acceptors (Lipinski definition) is 4. The first-order valence-electron chi connectivity index (χ1n) is 10.0. The SMILES string of the molecule is CCOc1ccc(C(=O)NC(C(=O)NC(C)COc2ccccc2F)C(C)C)cc1. The number of amides is 2. The molecule has 0 aliphatic heterocycles. The maximum Gasteiger partial charge on any atom is 0.251 e. The highest BCUT2D eigenvalue weighted by molar-refractivity contribution is 5.97. The molecule has 6 nitrogen and oxygen atoms in total. The van der Waals surface area contributed by atoms with Crippen molar-refractivity contribution in [3.8, 4) is 11.5 Å². The fourth-order valence-corrected chi connectivity index (χ4v) is 2.78. The van der Waals surface area contributed by atoms with Crippen molar-refractivity contribution >= 4 is 11.8 Å². The van der Waals surface area contributed by atoms with Crippen LogP contribution in [-0.4, -0.2) is 37.1 Å². The summed E-state index contributed by atoms with van der Waals surface area (Å²) in [7, 11) is 0. The van der Waals surface area contributed by atoms with Gasteiger partial charge in [-0.25, -0.2) is 4.39 Å². The lowest BCUT2D eigenvalue weighted by atomic mass is 10.0. The summed E-state index contributed by atoms with van der Waals surface area (Å²) >= 11 is 0. The van der Waals surface area contributed by atoms with Crippen molar-refractivity contribution in [3.63, 3.8) is 0 Å². The number of carbonyl (C=O) groups excluding carboxylic acids is 2. The minimum atomic E-state index is -0.722. The third kappa shape index (κ3) is 6.76. The second kappa shape index (κ2) is 11.2. The van der Waals surface area contributed by atoms with Crippen molar-refractivity contribution in [1.82, 2.24) is 10.6 Å². The Labute approximate surface area is 176 Å². The van der Waals surface area contributed by atoms with Gasteiger partial charge in [0.2, 0.25) is 5.91 Å². The highest BCUT2D eigenvalue weighted by Gasteiger charge is 2.26. The lowest BCUT2D eigenvalue weighted by Gasteiger charge is -2.24. The Morgan fingerprint density at radius 2 is 1.63 bits per heavy atom. The van der Waals surface area contributed by atoms with Crippen LogP contribution in [0.25, 0.3) is 0 Å². The molecule has 2 unspecified atom stereocenters. The molecular formula is C23H29FN2O4. The fraction of sp³-hybridized carbons (Fsp3) is 0.391. The summed E-state index contributed by atoms with van der Waals surface area (Å²) < 4.78 is 24.4. The van der Waals surface area contributed by atoms with Crippen LogP contribution in [0.15, 0.2) is 48.5 Å². The van der Waals surface area contributed by atoms with Gasteiger partial charge in [0.1, 0.15) is 18.4 Å². The molecule has 0 saturated heterocycles. The van der Waals surface area contributed by atoms with Gasteiger partial charge in [-0.3, -0.25) is 9.59 Å². The molecule has 2 atom stereocenters. The van der Waals surface area contributed by atoms with Crippen molar-refractivity contribution in [3.05, 3.63) is 59.9 Å². The molecule has 0 aromatic heterocycles. The van der Waals surface area contributed by atoms with Crippen molar-refractivity contribution < 1.29 is 23.5 Å². The number of hydrogen-bond donors (Lipinski definition) is 2. The Morgan fingerprint density at radius 3 is 2.23 bits per heavy atom. The third-order valence-corrected chi connectivity index (χ3v) is 4.38. The lowest BCUT2D eigenvalue weighted by molar-refractivity contribution is -0.124. The van der Waals surface area contributed by atoms with E-state index >= 15 is 0 Å². The summed E-state index contributed by atoms with van der Waals surface area (Å²) in [6, 6.07) is 11.7. The van der Waals surface area contributed by atoms with Crippen LogP contribution in [0.3, 0.4) is 0 Å². The summed E-state index contributed by atoms with van der Waals surface area (Å²) in [5, 5.41) is 5.59. The number of carbonyl (C=O) groups is 2. The van der Waals surface area contributed by atoms with E-state index in [1.807, 2.05) is 20.8 Å². The van der Waals surface area contributed by atoms with Crippen molar-refractivity contribution in [2.45, 2.75) is 39.8 Å². The predicted octanol–water partition coefficient (Wildman–Crippen LogP) is 3.56. The van der Waals surface area contributed by atoms with Gasteiger partial charge in [-0.15, -0.1) is 0 Å². The van der Waals surface area contributed by atoms with E-state index < -0.39 is 11.9 Å². The second-order valence-electron chi connectivity index (χ2n) is 7.30. The minimum absolute atomic E-state index is 0.102. The Balaban J connectivity index is 1.93. The molecule has 7 heteroatoms. The van der Waals surface area contributed by atoms with Gasteiger partial charge in [0.15, 0.2) is 11.6 Å². The summed E-state index contributed by atoms with van der Waals surface area (Å²) in [6.07, 6.45) is 0. The number of halogens is 1. The van der Waals surface area contributed by atoms with Gasteiger partial charge in [-0.05, 0) is 56.2 Å². The molecule has 0 saturated carbocycles. The number of rotatable bonds is 10. The topological polar surface area (TPSA) is 76.7 Å². The Morgan fingerprint density at radius 1 is 0.967 bits per heavy atom. The average Bonchev–Trinajstić information content (AvgIpc) is 2.71. The standard InChI is InChI=1S/C23H29FN2O4/c1-5-29-18-12-10-17(11-13-18)22(27)26-21(15(2)3)23(28)25-16(4)14-30-20-9-7-6-8-19(20)24/h6-13,15-16,21H,5,14H2,1-4H3,(H,25,28)(H,26,27). The molecule has 0 bridgehead atoms. The number of para-hydroxylation sites is 1. The zero-order chi connectivity index (χ0) is 22.1. The molecule has 0 radical (unpaired) electrons. The van der Waals surface area contributed by atoms with Crippen molar-refractivity contribution in [1.29, 1.82) is 0 Å². The van der Waals surface area contributed by atoms with E-state index in [9.17, 15) is 14.0 Å². The van der Waals surface area contributed by atoms with Gasteiger partial charge in [0.25, 0.3) is 5.91 Å². The monoisotopic (exact) mass is 416 g/mol. The maximum absolute atomic E-state index is 13.6. The number of benzene rings is 2. The van der Waals surface area contributed by atoms with Crippen molar-refractivity contribution in [2.24, 2.45) is 5.92 Å². The molecule has 162 valence electrons. The third-order valence-electron chi connectivity index (χ3n) is 4.38. The Kier molecular flexibility index (Phi) is 8.65. The van der Waals surface area contributed by atoms with Crippen molar-refractivity contribution in [2.75, 3.05) is 13.2 Å². The molecule has 2 rings (SSSR count). The van der Waals surface area contributed by atoms with E-state index in [0.717, 1.165) is 0 Å². The largest absolute Gasteiger partial charge is 0.494 e. The van der Waals surface area contributed by atoms with E-state index in [-0.39, 0.29) is 36.1 Å². The maximum atomic E-state index is 13.6. The van der Waals surface area contributed by atoms with Gasteiger partial charge in [0.05, 0.1) is 12.6 Å². The van der Waals surface area contributed by atoms with Gasteiger partial charge >= 0.3 is 0 Å². The second-order valence-corrected chi connectivity index (χ2v) is 7.30. The molecule has 0 heterocycles. The molecule has 0 aliphatic carbocycles. The fourth-order valence-electron chi connectivity index (χ4n) is 2.78. The van der Waals surface area contributed by atoms with Crippen LogP contribution < -0.4 is 20.1 Å². The molecule has 0 aliphatic rings. The van der Waals surface area contributed by atoms with E-state index in [4.69, 9.17) is 9.47 Å². The van der Waals surface area contributed by atoms with Gasteiger partial charge in [-0.2, -0.15) is 0 Å². The summed E-state index contributed by atoms with van der Waals surface area (Å²) in [5.41, 5.74) is 0.438. The van der Waals surface area contributed by atoms with E-state index in [0.29, 0.717) is 17.9 Å². The van der Waals surface area contributed by atoms with Gasteiger partial charge < -0.3 is 20.1 Å². The summed E-state index contributed by atoms with van der Waals surface area (Å²) in [6.45, 7) is 7.98. The van der Waals surface area contributed by atoms with Gasteiger partial charge in [0, 0.05) is 5.56 Å². The number of nitrogens with one attached hydrogen (secondary N) is 2. The molecule has 30 heavy (non-hydrogen) atoms. The zero-order valence-electron chi connectivity index (χ0n) is 17.8. The van der Waals surface area contributed by atoms with Crippen LogP contribution in [0.5, 0.6) is 11.5 Å². The van der Waals surface area contributed by atoms with Crippen LogP contribution in [0, 0.1) is 11.7 Å². The minimum Gasteiger partial charge on any atom is -0.494 e. The van der Waals surface area contributed by atoms with Crippen LogP contribution >= 0.6 is 0 Å². The quantitative estimate of drug-likeness (QED) is 0.621. The molecule has 2 N–H and O–H groups in total. The molecule has 2 aromatic rings. The first kappa shape index (κ1) is 23.2. The van der Waals surface area contributed by atoms with Crippen LogP contribution in [0.1, 0.15) is 38.1 Å². The Hall–Kier alpha value is -3.09. The highest BCUT2D eigenvalue weighted by atomic mass is 19.1. The summed E-state index contributed by atoms with van der Waals surface area (Å²) in [4.78, 5) is 25.3.